The summed E-state index contributed by atoms with van der Waals surface area (Å²) in [5, 5.41) is 5.39. The summed E-state index contributed by atoms with van der Waals surface area (Å²) in [4.78, 5) is 29.5. The number of rotatable bonds is 4. The lowest BCUT2D eigenvalue weighted by Crippen LogP contribution is -2.44. The molecule has 0 unspecified atom stereocenters. The Morgan fingerprint density at radius 3 is 2.46 bits per heavy atom. The van der Waals surface area contributed by atoms with Crippen LogP contribution in [0.2, 0.25) is 5.02 Å². The third kappa shape index (κ3) is 4.89. The molecule has 0 spiro atoms. The summed E-state index contributed by atoms with van der Waals surface area (Å²) in [6, 6.07) is 1.22. The largest absolute Gasteiger partial charge is 0.418 e. The number of fused-ring (bicyclic) bond motifs is 1. The molecule has 2 amide bonds. The Balaban J connectivity index is 1.70. The highest BCUT2D eigenvalue weighted by Crippen LogP contribution is 2.39. The van der Waals surface area contributed by atoms with Gasteiger partial charge in [-0.1, -0.05) is 11.6 Å². The second kappa shape index (κ2) is 9.08. The molecule has 1 aliphatic heterocycles. The first-order chi connectivity index (χ1) is 17.1. The van der Waals surface area contributed by atoms with E-state index in [1.54, 1.807) is 0 Å². The molecule has 37 heavy (non-hydrogen) atoms. The summed E-state index contributed by atoms with van der Waals surface area (Å²) < 4.78 is 84.9. The zero-order valence-electron chi connectivity index (χ0n) is 19.2. The van der Waals surface area contributed by atoms with Crippen molar-refractivity contribution in [3.63, 3.8) is 0 Å². The van der Waals surface area contributed by atoms with E-state index in [0.717, 1.165) is 41.7 Å². The van der Waals surface area contributed by atoms with Crippen LogP contribution in [0.3, 0.4) is 0 Å². The number of carbonyl (C=O) groups is 2. The van der Waals surface area contributed by atoms with Crippen molar-refractivity contribution in [2.45, 2.75) is 37.9 Å². The quantitative estimate of drug-likeness (QED) is 0.482. The van der Waals surface area contributed by atoms with Gasteiger partial charge in [-0.2, -0.15) is 18.3 Å². The van der Waals surface area contributed by atoms with Crippen LogP contribution in [0.1, 0.15) is 29.8 Å². The standard InChI is InChI=1S/C22H19ClF6N6O2/c1-21(2,26)20(37)34-6-13(25)14(7-34)33-19(36)10-3-9(4-12(24)16(10)23)15-5-11(22(27,28)29)17-18(30)31-8-32-35(15)17/h3-5,8,13-14H,6-7H2,1-2H3,(H,33,36)(H2,30,31,32)/t13-,14+/m0/s1. The maximum absolute atomic E-state index is 14.7. The third-order valence-corrected chi connectivity index (χ3v) is 6.20. The summed E-state index contributed by atoms with van der Waals surface area (Å²) in [5.41, 5.74) is 0.609. The van der Waals surface area contributed by atoms with E-state index < -0.39 is 75.7 Å². The maximum atomic E-state index is 14.7. The van der Waals surface area contributed by atoms with Gasteiger partial charge in [0, 0.05) is 12.1 Å². The van der Waals surface area contributed by atoms with Crippen LogP contribution >= 0.6 is 11.6 Å². The van der Waals surface area contributed by atoms with Crippen molar-refractivity contribution in [2.75, 3.05) is 18.8 Å². The number of benzene rings is 1. The monoisotopic (exact) mass is 548 g/mol. The molecule has 1 saturated heterocycles. The maximum Gasteiger partial charge on any atom is 0.418 e. The average Bonchev–Trinajstić information content (AvgIpc) is 3.36. The van der Waals surface area contributed by atoms with E-state index in [0.29, 0.717) is 6.07 Å². The molecule has 8 nitrogen and oxygen atoms in total. The Kier molecular flexibility index (Phi) is 6.51. The van der Waals surface area contributed by atoms with E-state index in [1.807, 2.05) is 0 Å². The van der Waals surface area contributed by atoms with Crippen molar-refractivity contribution >= 4 is 34.7 Å². The topological polar surface area (TPSA) is 106 Å². The van der Waals surface area contributed by atoms with Crippen LogP contribution in [0.4, 0.5) is 32.2 Å². The first kappa shape index (κ1) is 26.5. The molecule has 1 aromatic carbocycles. The summed E-state index contributed by atoms with van der Waals surface area (Å²) in [7, 11) is 0. The molecule has 2 aromatic heterocycles. The molecule has 0 bridgehead atoms. The average molecular weight is 549 g/mol. The van der Waals surface area contributed by atoms with Crippen molar-refractivity contribution in [1.29, 1.82) is 0 Å². The first-order valence-electron chi connectivity index (χ1n) is 10.7. The molecule has 1 fully saturated rings. The minimum atomic E-state index is -4.86. The van der Waals surface area contributed by atoms with E-state index in [-0.39, 0.29) is 17.8 Å². The number of aromatic nitrogens is 3. The number of alkyl halides is 5. The fraction of sp³-hybridized carbons (Fsp3) is 0.364. The molecule has 0 saturated carbocycles. The number of nitrogens with two attached hydrogens (primary N) is 1. The fourth-order valence-electron chi connectivity index (χ4n) is 4.08. The highest BCUT2D eigenvalue weighted by Gasteiger charge is 2.42. The van der Waals surface area contributed by atoms with E-state index in [2.05, 4.69) is 15.4 Å². The van der Waals surface area contributed by atoms with E-state index in [9.17, 15) is 35.9 Å². The number of amides is 2. The van der Waals surface area contributed by atoms with Crippen LogP contribution in [0.15, 0.2) is 24.5 Å². The van der Waals surface area contributed by atoms with Crippen LogP contribution < -0.4 is 11.1 Å². The number of carbonyl (C=O) groups excluding carboxylic acids is 2. The third-order valence-electron chi connectivity index (χ3n) is 5.82. The molecule has 4 rings (SSSR count). The summed E-state index contributed by atoms with van der Waals surface area (Å²) in [6.45, 7) is 1.19. The Morgan fingerprint density at radius 1 is 1.16 bits per heavy atom. The van der Waals surface area contributed by atoms with Crippen LogP contribution in [0.25, 0.3) is 16.8 Å². The van der Waals surface area contributed by atoms with E-state index in [4.69, 9.17) is 17.3 Å². The second-order valence-electron chi connectivity index (χ2n) is 8.94. The van der Waals surface area contributed by atoms with E-state index in [1.165, 1.54) is 0 Å². The number of nitrogens with zero attached hydrogens (tertiary/aromatic N) is 4. The number of halogens is 7. The van der Waals surface area contributed by atoms with Gasteiger partial charge in [-0.25, -0.2) is 22.7 Å². The molecular weight excluding hydrogens is 530 g/mol. The van der Waals surface area contributed by atoms with Gasteiger partial charge in [-0.3, -0.25) is 9.59 Å². The number of anilines is 1. The van der Waals surface area contributed by atoms with Crippen molar-refractivity contribution < 1.29 is 35.9 Å². The minimum absolute atomic E-state index is 0.213. The van der Waals surface area contributed by atoms with Gasteiger partial charge in [0.2, 0.25) is 0 Å². The first-order valence-corrected chi connectivity index (χ1v) is 11.1. The summed E-state index contributed by atoms with van der Waals surface area (Å²) in [6.07, 6.45) is -5.71. The number of hydrogen-bond acceptors (Lipinski definition) is 5. The van der Waals surface area contributed by atoms with Gasteiger partial charge in [-0.15, -0.1) is 0 Å². The minimum Gasteiger partial charge on any atom is -0.382 e. The number of nitrogens with one attached hydrogen (secondary N) is 1. The van der Waals surface area contributed by atoms with Gasteiger partial charge in [-0.05, 0) is 32.0 Å². The van der Waals surface area contributed by atoms with Crippen molar-refractivity contribution in [2.24, 2.45) is 0 Å². The second-order valence-corrected chi connectivity index (χ2v) is 9.32. The predicted molar refractivity (Wildman–Crippen MR) is 121 cm³/mol. The highest BCUT2D eigenvalue weighted by molar-refractivity contribution is 6.34. The zero-order valence-corrected chi connectivity index (χ0v) is 20.0. The van der Waals surface area contributed by atoms with Gasteiger partial charge < -0.3 is 16.0 Å². The van der Waals surface area contributed by atoms with Crippen LogP contribution in [0.5, 0.6) is 0 Å². The van der Waals surface area contributed by atoms with Crippen molar-refractivity contribution in [3.8, 4) is 11.3 Å². The van der Waals surface area contributed by atoms with Crippen LogP contribution in [-0.4, -0.2) is 62.3 Å². The highest BCUT2D eigenvalue weighted by atomic mass is 35.5. The molecule has 15 heteroatoms. The molecule has 0 aliphatic carbocycles. The molecule has 0 radical (unpaired) electrons. The fourth-order valence-corrected chi connectivity index (χ4v) is 4.27. The Hall–Kier alpha value is -3.55. The molecule has 2 atom stereocenters. The number of nitrogen functional groups attached to an aromatic ring is 1. The van der Waals surface area contributed by atoms with Crippen molar-refractivity contribution in [3.05, 3.63) is 46.5 Å². The lowest BCUT2D eigenvalue weighted by molar-refractivity contribution is -0.141. The Bertz CT molecular complexity index is 1400. The van der Waals surface area contributed by atoms with Gasteiger partial charge in [0.05, 0.1) is 34.4 Å². The van der Waals surface area contributed by atoms with Gasteiger partial charge in [0.25, 0.3) is 11.8 Å². The summed E-state index contributed by atoms with van der Waals surface area (Å²) in [5.74, 6) is -3.65. The number of likely N-dealkylation sites (tertiary alicyclic amines) is 1. The molecule has 1 aliphatic rings. The van der Waals surface area contributed by atoms with E-state index >= 15 is 0 Å². The normalized spacial score (nSPS) is 18.5. The van der Waals surface area contributed by atoms with Crippen LogP contribution in [0, 0.1) is 5.82 Å². The Morgan fingerprint density at radius 2 is 1.84 bits per heavy atom. The zero-order chi connectivity index (χ0) is 27.4. The molecule has 3 N–H and O–H groups in total. The van der Waals surface area contributed by atoms with Crippen molar-refractivity contribution in [1.82, 2.24) is 24.8 Å². The lowest BCUT2D eigenvalue weighted by atomic mass is 10.1. The molecule has 3 heterocycles. The van der Waals surface area contributed by atoms with Gasteiger partial charge in [0.1, 0.15) is 23.8 Å². The van der Waals surface area contributed by atoms with Gasteiger partial charge in [0.15, 0.2) is 11.5 Å². The SMILES string of the molecule is CC(C)(F)C(=O)N1C[C@H](F)[C@H](NC(=O)c2cc(-c3cc(C(F)(F)F)c4c(N)ncnn34)cc(F)c2Cl)C1. The molecular formula is C22H19ClF6N6O2. The summed E-state index contributed by atoms with van der Waals surface area (Å²) >= 11 is 5.95. The number of hydrogen-bond donors (Lipinski definition) is 2. The molecule has 198 valence electrons. The van der Waals surface area contributed by atoms with Crippen LogP contribution in [-0.2, 0) is 11.0 Å². The predicted octanol–water partition coefficient (Wildman–Crippen LogP) is 3.82. The Labute approximate surface area is 210 Å². The van der Waals surface area contributed by atoms with Gasteiger partial charge >= 0.3 is 6.18 Å². The lowest BCUT2D eigenvalue weighted by Gasteiger charge is -2.22. The smallest absolute Gasteiger partial charge is 0.382 e. The molecule has 3 aromatic rings.